The van der Waals surface area contributed by atoms with Gasteiger partial charge in [0, 0.05) is 40.0 Å². The van der Waals surface area contributed by atoms with E-state index in [4.69, 9.17) is 10.5 Å². The summed E-state index contributed by atoms with van der Waals surface area (Å²) in [5.74, 6) is 1.10. The van der Waals surface area contributed by atoms with Gasteiger partial charge in [-0.3, -0.25) is 0 Å². The number of hydrogen-bond acceptors (Lipinski definition) is 6. The average Bonchev–Trinajstić information content (AvgIpc) is 2.71. The monoisotopic (exact) mass is 390 g/mol. The minimum Gasteiger partial charge on any atom is -0.609 e. The zero-order chi connectivity index (χ0) is 19.7. The molecule has 2 aromatic heterocycles. The van der Waals surface area contributed by atoms with Crippen molar-refractivity contribution in [2.24, 2.45) is 0 Å². The van der Waals surface area contributed by atoms with Gasteiger partial charge in [0.25, 0.3) is 0 Å². The summed E-state index contributed by atoms with van der Waals surface area (Å²) in [6.45, 7) is 1.98. The Morgan fingerprint density at radius 3 is 2.64 bits per heavy atom. The van der Waals surface area contributed by atoms with Gasteiger partial charge in [0.1, 0.15) is 12.0 Å². The molecule has 0 bridgehead atoms. The van der Waals surface area contributed by atoms with Gasteiger partial charge >= 0.3 is 5.16 Å². The summed E-state index contributed by atoms with van der Waals surface area (Å²) in [5.41, 5.74) is 9.06. The number of nitrogen functional groups attached to an aromatic ring is 1. The molecule has 1 unspecified atom stereocenters. The third kappa shape index (κ3) is 3.37. The summed E-state index contributed by atoms with van der Waals surface area (Å²) in [7, 11) is 0. The lowest BCUT2D eigenvalue weighted by Gasteiger charge is -2.14. The predicted octanol–water partition coefficient (Wildman–Crippen LogP) is 4.11. The molecule has 7 heteroatoms. The van der Waals surface area contributed by atoms with Gasteiger partial charge in [0.2, 0.25) is 5.88 Å². The number of fused-ring (bicyclic) bond motifs is 1. The molecule has 2 N–H and O–H groups in total. The van der Waals surface area contributed by atoms with E-state index in [-0.39, 0.29) is 5.16 Å². The average molecular weight is 390 g/mol. The van der Waals surface area contributed by atoms with Gasteiger partial charge in [0.05, 0.1) is 11.3 Å². The first-order valence-corrected chi connectivity index (χ1v) is 10.2. The Labute approximate surface area is 165 Å². The van der Waals surface area contributed by atoms with Crippen molar-refractivity contribution in [1.82, 2.24) is 15.0 Å². The van der Waals surface area contributed by atoms with Crippen LogP contribution in [0.5, 0.6) is 11.6 Å². The van der Waals surface area contributed by atoms with Crippen LogP contribution >= 0.6 is 0 Å². The number of ether oxygens (including phenoxy) is 1. The Balaban J connectivity index is 1.83. The third-order valence-electron chi connectivity index (χ3n) is 4.38. The van der Waals surface area contributed by atoms with Gasteiger partial charge in [0.15, 0.2) is 0 Å². The second-order valence-corrected chi connectivity index (χ2v) is 7.56. The number of rotatable bonds is 4. The zero-order valence-electron chi connectivity index (χ0n) is 15.4. The molecule has 0 aliphatic rings. The van der Waals surface area contributed by atoms with Gasteiger partial charge in [-0.05, 0) is 36.8 Å². The van der Waals surface area contributed by atoms with Crippen molar-refractivity contribution >= 4 is 27.6 Å². The minimum absolute atomic E-state index is 0.265. The van der Waals surface area contributed by atoms with Crippen LogP contribution in [-0.4, -0.2) is 25.8 Å². The van der Waals surface area contributed by atoms with Gasteiger partial charge in [-0.1, -0.05) is 24.3 Å². The van der Waals surface area contributed by atoms with E-state index in [9.17, 15) is 4.55 Å². The van der Waals surface area contributed by atoms with Gasteiger partial charge in [-0.2, -0.15) is 9.97 Å². The molecule has 1 atom stereocenters. The summed E-state index contributed by atoms with van der Waals surface area (Å²) in [6.07, 6.45) is 4.79. The number of benzene rings is 2. The smallest absolute Gasteiger partial charge is 0.342 e. The van der Waals surface area contributed by atoms with Gasteiger partial charge < -0.3 is 15.0 Å². The normalized spacial score (nSPS) is 12.1. The quantitative estimate of drug-likeness (QED) is 0.320. The van der Waals surface area contributed by atoms with Crippen LogP contribution in [0, 0.1) is 6.92 Å². The summed E-state index contributed by atoms with van der Waals surface area (Å²) in [5, 5.41) is 2.10. The number of hydrogen-bond donors (Lipinski definition) is 1. The zero-order valence-corrected chi connectivity index (χ0v) is 16.2. The van der Waals surface area contributed by atoms with E-state index in [1.54, 1.807) is 30.8 Å². The molecule has 0 radical (unpaired) electrons. The highest BCUT2D eigenvalue weighted by molar-refractivity contribution is 7.90. The molecule has 0 amide bonds. The third-order valence-corrected chi connectivity index (χ3v) is 5.09. The molecule has 2 heterocycles. The number of nitrogens with zero attached hydrogens (tertiary/aromatic N) is 3. The number of nitrogens with two attached hydrogens (primary N) is 1. The van der Waals surface area contributed by atoms with Crippen LogP contribution in [0.15, 0.2) is 66.1 Å². The molecule has 0 spiro atoms. The molecule has 140 valence electrons. The van der Waals surface area contributed by atoms with E-state index in [0.717, 1.165) is 16.3 Å². The van der Waals surface area contributed by atoms with Crippen LogP contribution in [0.25, 0.3) is 22.0 Å². The molecule has 0 fully saturated rings. The molecule has 0 aliphatic carbocycles. The Bertz CT molecular complexity index is 1160. The fourth-order valence-electron chi connectivity index (χ4n) is 2.99. The van der Waals surface area contributed by atoms with Gasteiger partial charge in [-0.25, -0.2) is 4.98 Å². The maximum atomic E-state index is 11.8. The highest BCUT2D eigenvalue weighted by atomic mass is 32.2. The summed E-state index contributed by atoms with van der Waals surface area (Å²) < 4.78 is 18.0. The fraction of sp³-hybridized carbons (Fsp3) is 0.0952. The van der Waals surface area contributed by atoms with Crippen LogP contribution in [0.3, 0.4) is 0 Å². The largest absolute Gasteiger partial charge is 0.609 e. The Morgan fingerprint density at radius 1 is 0.964 bits per heavy atom. The molecule has 4 rings (SSSR count). The minimum atomic E-state index is -1.28. The first-order chi connectivity index (χ1) is 13.5. The summed E-state index contributed by atoms with van der Waals surface area (Å²) in [4.78, 5) is 12.9. The van der Waals surface area contributed by atoms with Crippen molar-refractivity contribution in [2.75, 3.05) is 12.0 Å². The van der Waals surface area contributed by atoms with Crippen LogP contribution in [-0.2, 0) is 11.2 Å². The molecule has 28 heavy (non-hydrogen) atoms. The second-order valence-electron chi connectivity index (χ2n) is 6.29. The van der Waals surface area contributed by atoms with Crippen LogP contribution in [0.4, 0.5) is 5.69 Å². The lowest BCUT2D eigenvalue weighted by molar-refractivity contribution is 0.466. The van der Waals surface area contributed by atoms with Crippen molar-refractivity contribution in [3.63, 3.8) is 0 Å². The molecule has 0 aliphatic heterocycles. The lowest BCUT2D eigenvalue weighted by Crippen LogP contribution is -2.04. The van der Waals surface area contributed by atoms with Crippen LogP contribution < -0.4 is 10.5 Å². The molecule has 6 nitrogen and oxygen atoms in total. The number of pyridine rings is 1. The van der Waals surface area contributed by atoms with Crippen LogP contribution in [0.2, 0.25) is 0 Å². The fourth-order valence-corrected chi connectivity index (χ4v) is 3.43. The summed E-state index contributed by atoms with van der Waals surface area (Å²) in [6, 6.07) is 15.1. The standard InChI is InChI=1S/C21H18N4O2S/c1-13-8-9-14-15(5-3-7-17(14)22)19(13)27-20-16(6-4-11-23-20)18-10-12-24-21(25-18)28(2)26/h3-12H,22H2,1-2H3. The van der Waals surface area contributed by atoms with E-state index in [2.05, 4.69) is 15.0 Å². The molecular weight excluding hydrogens is 372 g/mol. The van der Waals surface area contributed by atoms with Crippen LogP contribution in [0.1, 0.15) is 5.56 Å². The maximum absolute atomic E-state index is 11.8. The highest BCUT2D eigenvalue weighted by Crippen LogP contribution is 2.37. The SMILES string of the molecule is Cc1ccc2c(N)cccc2c1Oc1ncccc1-c1ccnc([S+](C)[O-])n1. The molecule has 0 saturated heterocycles. The van der Waals surface area contributed by atoms with Crippen molar-refractivity contribution in [2.45, 2.75) is 12.1 Å². The van der Waals surface area contributed by atoms with Crippen molar-refractivity contribution in [3.05, 3.63) is 66.5 Å². The van der Waals surface area contributed by atoms with E-state index in [1.165, 1.54) is 0 Å². The Hall–Kier alpha value is -3.16. The van der Waals surface area contributed by atoms with E-state index in [1.807, 2.05) is 43.3 Å². The number of anilines is 1. The van der Waals surface area contributed by atoms with E-state index < -0.39 is 11.2 Å². The second kappa shape index (κ2) is 7.46. The highest BCUT2D eigenvalue weighted by Gasteiger charge is 2.16. The van der Waals surface area contributed by atoms with Crippen molar-refractivity contribution in [3.8, 4) is 22.9 Å². The van der Waals surface area contributed by atoms with E-state index >= 15 is 0 Å². The first kappa shape index (κ1) is 18.2. The molecule has 0 saturated carbocycles. The number of aryl methyl sites for hydroxylation is 1. The number of aromatic nitrogens is 3. The molecule has 2 aromatic carbocycles. The topological polar surface area (TPSA) is 97.0 Å². The molecule has 4 aromatic rings. The van der Waals surface area contributed by atoms with Gasteiger partial charge in [-0.15, -0.1) is 0 Å². The summed E-state index contributed by atoms with van der Waals surface area (Å²) >= 11 is -1.28. The predicted molar refractivity (Wildman–Crippen MR) is 111 cm³/mol. The van der Waals surface area contributed by atoms with Crippen molar-refractivity contribution in [1.29, 1.82) is 0 Å². The Morgan fingerprint density at radius 2 is 1.82 bits per heavy atom. The van der Waals surface area contributed by atoms with Crippen molar-refractivity contribution < 1.29 is 9.29 Å². The van der Waals surface area contributed by atoms with E-state index in [0.29, 0.717) is 28.6 Å². The Kier molecular flexibility index (Phi) is 4.85. The molecular formula is C21H18N4O2S. The lowest BCUT2D eigenvalue weighted by atomic mass is 10.0. The first-order valence-electron chi connectivity index (χ1n) is 8.62. The maximum Gasteiger partial charge on any atom is 0.342 e.